The second-order valence-electron chi connectivity index (χ2n) is 7.52. The molecule has 0 saturated heterocycles. The van der Waals surface area contributed by atoms with Crippen LogP contribution in [0.15, 0.2) is 53.7 Å². The van der Waals surface area contributed by atoms with Gasteiger partial charge in [-0.1, -0.05) is 41.9 Å². The number of thiocarbonyl (C=S) groups is 1. The number of halogens is 1. The Balaban J connectivity index is 1.77. The molecule has 1 heterocycles. The molecule has 2 aliphatic rings. The van der Waals surface area contributed by atoms with Crippen molar-refractivity contribution in [2.75, 3.05) is 13.7 Å². The number of carbonyl (C=O) groups excluding carboxylic acids is 1. The van der Waals surface area contributed by atoms with Crippen LogP contribution < -0.4 is 14.8 Å². The van der Waals surface area contributed by atoms with E-state index in [4.69, 9.17) is 33.3 Å². The fourth-order valence-corrected chi connectivity index (χ4v) is 4.81. The van der Waals surface area contributed by atoms with Gasteiger partial charge in [0.1, 0.15) is 6.61 Å². The van der Waals surface area contributed by atoms with Gasteiger partial charge in [0.15, 0.2) is 22.4 Å². The zero-order chi connectivity index (χ0) is 22.0. The van der Waals surface area contributed by atoms with Gasteiger partial charge in [0.25, 0.3) is 0 Å². The van der Waals surface area contributed by atoms with E-state index in [2.05, 4.69) is 5.32 Å². The van der Waals surface area contributed by atoms with E-state index in [0.717, 1.165) is 41.8 Å². The van der Waals surface area contributed by atoms with Gasteiger partial charge in [-0.2, -0.15) is 0 Å². The number of nitrogens with one attached hydrogen (secondary N) is 1. The molecular weight excluding hydrogens is 432 g/mol. The van der Waals surface area contributed by atoms with Crippen molar-refractivity contribution in [3.05, 3.63) is 69.9 Å². The summed E-state index contributed by atoms with van der Waals surface area (Å²) < 4.78 is 11.8. The molecule has 162 valence electrons. The van der Waals surface area contributed by atoms with Crippen molar-refractivity contribution < 1.29 is 14.3 Å². The second kappa shape index (κ2) is 9.28. The quantitative estimate of drug-likeness (QED) is 0.604. The van der Waals surface area contributed by atoms with Crippen LogP contribution in [0.25, 0.3) is 0 Å². The number of carbonyl (C=O) groups is 1. The largest absolute Gasteiger partial charge is 0.493 e. The van der Waals surface area contributed by atoms with Crippen molar-refractivity contribution in [1.82, 2.24) is 10.2 Å². The van der Waals surface area contributed by atoms with Crippen molar-refractivity contribution in [3.63, 3.8) is 0 Å². The minimum absolute atomic E-state index is 0.152. The molecule has 31 heavy (non-hydrogen) atoms. The maximum Gasteiger partial charge on any atom is 0.173 e. The van der Waals surface area contributed by atoms with Gasteiger partial charge in [0, 0.05) is 40.4 Å². The fraction of sp³-hybridized carbons (Fsp3) is 0.333. The highest BCUT2D eigenvalue weighted by atomic mass is 35.5. The third-order valence-electron chi connectivity index (χ3n) is 5.74. The predicted octanol–water partition coefficient (Wildman–Crippen LogP) is 5.19. The van der Waals surface area contributed by atoms with E-state index in [1.807, 2.05) is 54.3 Å². The topological polar surface area (TPSA) is 50.8 Å². The van der Waals surface area contributed by atoms with Crippen LogP contribution in [0.4, 0.5) is 0 Å². The number of rotatable bonds is 6. The maximum atomic E-state index is 13.0. The number of ether oxygens (including phenoxy) is 2. The Kier molecular flexibility index (Phi) is 6.49. The van der Waals surface area contributed by atoms with E-state index in [1.165, 1.54) is 0 Å². The van der Waals surface area contributed by atoms with Gasteiger partial charge < -0.3 is 19.7 Å². The van der Waals surface area contributed by atoms with Crippen LogP contribution in [0, 0.1) is 0 Å². The number of Topliss-reactive ketones (excluding diaryl/α,β-unsaturated/α-hetero) is 1. The maximum absolute atomic E-state index is 13.0. The van der Waals surface area contributed by atoms with E-state index in [1.54, 1.807) is 7.11 Å². The SMILES string of the molecule is CCN1C(=S)NC(c2cccc(OC)c2OCc2ccccc2Cl)C2=C1CCCC2=O. The first-order valence-corrected chi connectivity index (χ1v) is 11.2. The lowest BCUT2D eigenvalue weighted by molar-refractivity contribution is -0.116. The van der Waals surface area contributed by atoms with Gasteiger partial charge in [-0.3, -0.25) is 4.79 Å². The zero-order valence-corrected chi connectivity index (χ0v) is 19.2. The zero-order valence-electron chi connectivity index (χ0n) is 17.6. The molecule has 0 aromatic heterocycles. The molecule has 1 unspecified atom stereocenters. The van der Waals surface area contributed by atoms with Crippen LogP contribution in [-0.4, -0.2) is 29.5 Å². The summed E-state index contributed by atoms with van der Waals surface area (Å²) >= 11 is 12.0. The highest BCUT2D eigenvalue weighted by Gasteiger charge is 2.38. The van der Waals surface area contributed by atoms with E-state index in [9.17, 15) is 4.79 Å². The summed E-state index contributed by atoms with van der Waals surface area (Å²) in [4.78, 5) is 15.0. The molecule has 0 fully saturated rings. The monoisotopic (exact) mass is 456 g/mol. The Hall–Kier alpha value is -2.57. The molecule has 0 amide bonds. The normalized spacial score (nSPS) is 18.5. The number of benzene rings is 2. The van der Waals surface area contributed by atoms with E-state index in [0.29, 0.717) is 28.1 Å². The van der Waals surface area contributed by atoms with Gasteiger partial charge in [-0.25, -0.2) is 0 Å². The minimum atomic E-state index is -0.380. The lowest BCUT2D eigenvalue weighted by Gasteiger charge is -2.40. The summed E-state index contributed by atoms with van der Waals surface area (Å²) in [7, 11) is 1.61. The predicted molar refractivity (Wildman–Crippen MR) is 126 cm³/mol. The molecule has 1 atom stereocenters. The average Bonchev–Trinajstić information content (AvgIpc) is 2.78. The molecule has 1 aliphatic carbocycles. The fourth-order valence-electron chi connectivity index (χ4n) is 4.26. The standard InChI is InChI=1S/C24H25ClN2O3S/c1-3-27-18-11-7-12-19(28)21(18)22(26-24(27)31)16-9-6-13-20(29-2)23(16)30-14-15-8-4-5-10-17(15)25/h4-6,8-10,13,22H,3,7,11-12,14H2,1-2H3,(H,26,31). The molecular formula is C24H25ClN2O3S. The minimum Gasteiger partial charge on any atom is -0.493 e. The number of methoxy groups -OCH3 is 1. The van der Waals surface area contributed by atoms with Gasteiger partial charge >= 0.3 is 0 Å². The van der Waals surface area contributed by atoms with Crippen molar-refractivity contribution in [2.45, 2.75) is 38.8 Å². The average molecular weight is 457 g/mol. The first-order valence-electron chi connectivity index (χ1n) is 10.4. The molecule has 2 aromatic rings. The first-order chi connectivity index (χ1) is 15.0. The van der Waals surface area contributed by atoms with Crippen LogP contribution in [0.1, 0.15) is 43.4 Å². The summed E-state index contributed by atoms with van der Waals surface area (Å²) in [5, 5.41) is 4.65. The Morgan fingerprint density at radius 3 is 2.74 bits per heavy atom. The Bertz CT molecular complexity index is 1050. The Morgan fingerprint density at radius 1 is 1.19 bits per heavy atom. The van der Waals surface area contributed by atoms with Gasteiger partial charge in [0.05, 0.1) is 13.2 Å². The molecule has 1 aliphatic heterocycles. The molecule has 0 bridgehead atoms. The summed E-state index contributed by atoms with van der Waals surface area (Å²) in [6.07, 6.45) is 2.23. The third-order valence-corrected chi connectivity index (χ3v) is 6.45. The molecule has 4 rings (SSSR count). The summed E-state index contributed by atoms with van der Waals surface area (Å²) in [6.45, 7) is 3.05. The Morgan fingerprint density at radius 2 is 2.00 bits per heavy atom. The van der Waals surface area contributed by atoms with Gasteiger partial charge in [-0.05, 0) is 44.1 Å². The lowest BCUT2D eigenvalue weighted by atomic mass is 9.84. The van der Waals surface area contributed by atoms with Crippen LogP contribution in [0.5, 0.6) is 11.5 Å². The highest BCUT2D eigenvalue weighted by molar-refractivity contribution is 7.80. The number of hydrogen-bond acceptors (Lipinski definition) is 4. The smallest absolute Gasteiger partial charge is 0.173 e. The van der Waals surface area contributed by atoms with Crippen LogP contribution >= 0.6 is 23.8 Å². The molecule has 1 N–H and O–H groups in total. The molecule has 7 heteroatoms. The molecule has 2 aromatic carbocycles. The summed E-state index contributed by atoms with van der Waals surface area (Å²) in [5.41, 5.74) is 3.50. The summed E-state index contributed by atoms with van der Waals surface area (Å²) in [5.74, 6) is 1.33. The number of nitrogens with zero attached hydrogens (tertiary/aromatic N) is 1. The number of allylic oxidation sites excluding steroid dienone is 1. The van der Waals surface area contributed by atoms with E-state index < -0.39 is 0 Å². The third kappa shape index (κ3) is 4.14. The lowest BCUT2D eigenvalue weighted by Crippen LogP contribution is -2.49. The van der Waals surface area contributed by atoms with Crippen LogP contribution in [0.3, 0.4) is 0 Å². The second-order valence-corrected chi connectivity index (χ2v) is 8.32. The first kappa shape index (κ1) is 21.7. The van der Waals surface area contributed by atoms with Crippen molar-refractivity contribution in [3.8, 4) is 11.5 Å². The number of ketones is 1. The van der Waals surface area contributed by atoms with Crippen molar-refractivity contribution in [2.24, 2.45) is 0 Å². The van der Waals surface area contributed by atoms with Gasteiger partial charge in [-0.15, -0.1) is 0 Å². The van der Waals surface area contributed by atoms with Crippen molar-refractivity contribution >= 4 is 34.7 Å². The number of hydrogen-bond donors (Lipinski definition) is 1. The molecule has 0 radical (unpaired) electrons. The highest BCUT2D eigenvalue weighted by Crippen LogP contribution is 2.43. The van der Waals surface area contributed by atoms with Crippen LogP contribution in [0.2, 0.25) is 5.02 Å². The van der Waals surface area contributed by atoms with E-state index in [-0.39, 0.29) is 18.4 Å². The van der Waals surface area contributed by atoms with E-state index >= 15 is 0 Å². The summed E-state index contributed by atoms with van der Waals surface area (Å²) in [6, 6.07) is 12.9. The number of para-hydroxylation sites is 1. The molecule has 0 spiro atoms. The molecule has 5 nitrogen and oxygen atoms in total. The van der Waals surface area contributed by atoms with Crippen LogP contribution in [-0.2, 0) is 11.4 Å². The molecule has 0 saturated carbocycles. The Labute approximate surface area is 193 Å². The van der Waals surface area contributed by atoms with Crippen molar-refractivity contribution in [1.29, 1.82) is 0 Å². The van der Waals surface area contributed by atoms with Gasteiger partial charge in [0.2, 0.25) is 0 Å².